The van der Waals surface area contributed by atoms with Crippen LogP contribution in [0.5, 0.6) is 0 Å². The van der Waals surface area contributed by atoms with Crippen LogP contribution < -0.4 is 5.32 Å². The number of benzene rings is 2. The molecule has 0 heterocycles. The molecule has 0 aliphatic rings. The van der Waals surface area contributed by atoms with Crippen molar-refractivity contribution in [2.24, 2.45) is 0 Å². The number of para-hydroxylation sites is 1. The fourth-order valence-corrected chi connectivity index (χ4v) is 1.98. The fourth-order valence-electron chi connectivity index (χ4n) is 1.98. The number of halogens is 3. The van der Waals surface area contributed by atoms with E-state index in [0.29, 0.717) is 17.4 Å². The predicted octanol–water partition coefficient (Wildman–Crippen LogP) is 4.51. The van der Waals surface area contributed by atoms with Crippen LogP contribution in [0.1, 0.15) is 27.5 Å². The van der Waals surface area contributed by atoms with Crippen molar-refractivity contribution in [2.45, 2.75) is 12.2 Å². The second kappa shape index (κ2) is 5.99. The van der Waals surface area contributed by atoms with Gasteiger partial charge in [0.15, 0.2) is 0 Å². The molecule has 0 spiro atoms. The molecule has 2 aromatic rings. The van der Waals surface area contributed by atoms with Crippen LogP contribution in [0.15, 0.2) is 48.5 Å². The van der Waals surface area contributed by atoms with Gasteiger partial charge in [-0.2, -0.15) is 13.2 Å². The van der Waals surface area contributed by atoms with E-state index in [2.05, 4.69) is 12.2 Å². The summed E-state index contributed by atoms with van der Waals surface area (Å²) in [5, 5.41) is 2.74. The summed E-state index contributed by atoms with van der Waals surface area (Å²) in [6, 6.07) is 11.2. The van der Waals surface area contributed by atoms with E-state index in [0.717, 1.165) is 6.07 Å². The van der Waals surface area contributed by atoms with Crippen LogP contribution in [0.25, 0.3) is 0 Å². The Morgan fingerprint density at radius 3 is 2.48 bits per heavy atom. The summed E-state index contributed by atoms with van der Waals surface area (Å²) in [6.07, 6.45) is -3.76. The standard InChI is InChI=1S/C16H13F3NO/c1-11(13-6-4-5-12(9-13)10-21)20-15-8-3-2-7-14(15)16(17,18)19/h2-11,20H,1H2. The highest BCUT2D eigenvalue weighted by Crippen LogP contribution is 2.35. The van der Waals surface area contributed by atoms with Crippen LogP contribution in [0.3, 0.4) is 0 Å². The molecule has 5 heteroatoms. The largest absolute Gasteiger partial charge is 0.418 e. The monoisotopic (exact) mass is 292 g/mol. The third kappa shape index (κ3) is 3.62. The van der Waals surface area contributed by atoms with E-state index in [1.807, 2.05) is 0 Å². The lowest BCUT2D eigenvalue weighted by molar-refractivity contribution is -0.137. The van der Waals surface area contributed by atoms with Crippen molar-refractivity contribution in [3.8, 4) is 0 Å². The van der Waals surface area contributed by atoms with Gasteiger partial charge >= 0.3 is 6.18 Å². The van der Waals surface area contributed by atoms with Gasteiger partial charge in [-0.25, -0.2) is 0 Å². The number of hydrogen-bond donors (Lipinski definition) is 1. The van der Waals surface area contributed by atoms with Crippen molar-refractivity contribution in [1.82, 2.24) is 0 Å². The first-order chi connectivity index (χ1) is 9.91. The molecule has 2 aromatic carbocycles. The highest BCUT2D eigenvalue weighted by molar-refractivity contribution is 5.75. The van der Waals surface area contributed by atoms with Crippen LogP contribution in [-0.4, -0.2) is 6.29 Å². The first-order valence-electron chi connectivity index (χ1n) is 6.23. The van der Waals surface area contributed by atoms with E-state index in [1.165, 1.54) is 18.2 Å². The average Bonchev–Trinajstić information content (AvgIpc) is 2.46. The van der Waals surface area contributed by atoms with Gasteiger partial charge in [-0.3, -0.25) is 4.79 Å². The second-order valence-electron chi connectivity index (χ2n) is 4.53. The average molecular weight is 292 g/mol. The molecular weight excluding hydrogens is 279 g/mol. The van der Waals surface area contributed by atoms with E-state index in [-0.39, 0.29) is 5.69 Å². The topological polar surface area (TPSA) is 29.1 Å². The van der Waals surface area contributed by atoms with Gasteiger partial charge in [0.25, 0.3) is 0 Å². The summed E-state index contributed by atoms with van der Waals surface area (Å²) in [6.45, 7) is 3.81. The highest BCUT2D eigenvalue weighted by Gasteiger charge is 2.33. The molecule has 0 aliphatic heterocycles. The van der Waals surface area contributed by atoms with Gasteiger partial charge in [0.1, 0.15) is 6.29 Å². The second-order valence-corrected chi connectivity index (χ2v) is 4.53. The Balaban J connectivity index is 2.27. The van der Waals surface area contributed by atoms with Crippen molar-refractivity contribution in [2.75, 3.05) is 5.32 Å². The summed E-state index contributed by atoms with van der Waals surface area (Å²) >= 11 is 0. The van der Waals surface area contributed by atoms with Crippen molar-refractivity contribution in [1.29, 1.82) is 0 Å². The van der Waals surface area contributed by atoms with Crippen LogP contribution in [0.2, 0.25) is 0 Å². The molecule has 1 atom stereocenters. The minimum absolute atomic E-state index is 0.0403. The number of anilines is 1. The predicted molar refractivity (Wildman–Crippen MR) is 75.0 cm³/mol. The molecule has 2 nitrogen and oxygen atoms in total. The lowest BCUT2D eigenvalue weighted by atomic mass is 10.0. The maximum Gasteiger partial charge on any atom is 0.418 e. The molecule has 1 N–H and O–H groups in total. The van der Waals surface area contributed by atoms with Gasteiger partial charge in [0, 0.05) is 11.3 Å². The number of aldehydes is 1. The van der Waals surface area contributed by atoms with Crippen molar-refractivity contribution in [3.05, 3.63) is 72.1 Å². The van der Waals surface area contributed by atoms with E-state index in [1.54, 1.807) is 24.3 Å². The minimum atomic E-state index is -4.44. The minimum Gasteiger partial charge on any atom is -0.378 e. The molecular formula is C16H13F3NO. The Morgan fingerprint density at radius 1 is 1.10 bits per heavy atom. The zero-order valence-corrected chi connectivity index (χ0v) is 11.0. The van der Waals surface area contributed by atoms with Crippen molar-refractivity contribution in [3.63, 3.8) is 0 Å². The van der Waals surface area contributed by atoms with Crippen LogP contribution in [0.4, 0.5) is 18.9 Å². The van der Waals surface area contributed by atoms with Crippen LogP contribution >= 0.6 is 0 Å². The first kappa shape index (κ1) is 15.1. The number of alkyl halides is 3. The zero-order valence-electron chi connectivity index (χ0n) is 11.0. The fraction of sp³-hybridized carbons (Fsp3) is 0.125. The number of rotatable bonds is 4. The molecule has 0 saturated carbocycles. The van der Waals surface area contributed by atoms with Gasteiger partial charge in [-0.1, -0.05) is 30.3 Å². The molecule has 21 heavy (non-hydrogen) atoms. The van der Waals surface area contributed by atoms with Gasteiger partial charge in [0.2, 0.25) is 0 Å². The molecule has 0 amide bonds. The highest BCUT2D eigenvalue weighted by atomic mass is 19.4. The molecule has 0 bridgehead atoms. The number of hydrogen-bond acceptors (Lipinski definition) is 2. The van der Waals surface area contributed by atoms with Crippen molar-refractivity contribution < 1.29 is 18.0 Å². The molecule has 0 aliphatic carbocycles. The third-order valence-corrected chi connectivity index (χ3v) is 3.01. The van der Waals surface area contributed by atoms with Gasteiger partial charge < -0.3 is 5.32 Å². The van der Waals surface area contributed by atoms with Crippen LogP contribution in [0, 0.1) is 6.92 Å². The first-order valence-corrected chi connectivity index (χ1v) is 6.23. The summed E-state index contributed by atoms with van der Waals surface area (Å²) in [4.78, 5) is 10.7. The Bertz CT molecular complexity index is 637. The lowest BCUT2D eigenvalue weighted by Crippen LogP contribution is -2.13. The van der Waals surface area contributed by atoms with E-state index in [9.17, 15) is 18.0 Å². The zero-order chi connectivity index (χ0) is 15.5. The Kier molecular flexibility index (Phi) is 4.31. The Morgan fingerprint density at radius 2 is 1.81 bits per heavy atom. The number of nitrogens with one attached hydrogen (secondary N) is 1. The number of carbonyl (C=O) groups excluding carboxylic acids is 1. The van der Waals surface area contributed by atoms with E-state index < -0.39 is 17.8 Å². The molecule has 0 fully saturated rings. The maximum absolute atomic E-state index is 12.9. The number of carbonyl (C=O) groups is 1. The van der Waals surface area contributed by atoms with E-state index in [4.69, 9.17) is 0 Å². The van der Waals surface area contributed by atoms with Gasteiger partial charge in [0.05, 0.1) is 11.6 Å². The SMILES string of the molecule is [CH2]C(Nc1ccccc1C(F)(F)F)c1cccc(C=O)c1. The maximum atomic E-state index is 12.9. The molecule has 1 radical (unpaired) electrons. The van der Waals surface area contributed by atoms with Crippen LogP contribution in [-0.2, 0) is 6.18 Å². The molecule has 0 aromatic heterocycles. The summed E-state index contributed by atoms with van der Waals surface area (Å²) in [5.74, 6) is 0. The molecule has 109 valence electrons. The van der Waals surface area contributed by atoms with E-state index >= 15 is 0 Å². The molecule has 0 saturated heterocycles. The normalized spacial score (nSPS) is 12.8. The molecule has 1 unspecified atom stereocenters. The third-order valence-electron chi connectivity index (χ3n) is 3.01. The van der Waals surface area contributed by atoms with Crippen molar-refractivity contribution >= 4 is 12.0 Å². The Labute approximate surface area is 120 Å². The van der Waals surface area contributed by atoms with Gasteiger partial charge in [-0.05, 0) is 30.7 Å². The quantitative estimate of drug-likeness (QED) is 0.840. The smallest absolute Gasteiger partial charge is 0.378 e. The summed E-state index contributed by atoms with van der Waals surface area (Å²) in [7, 11) is 0. The van der Waals surface area contributed by atoms with Gasteiger partial charge in [-0.15, -0.1) is 0 Å². The summed E-state index contributed by atoms with van der Waals surface area (Å²) < 4.78 is 38.7. The lowest BCUT2D eigenvalue weighted by Gasteiger charge is -2.19. The molecule has 2 rings (SSSR count). The Hall–Kier alpha value is -2.30. The summed E-state index contributed by atoms with van der Waals surface area (Å²) in [5.41, 5.74) is 0.301.